The zero-order chi connectivity index (χ0) is 14.4. The molecule has 0 N–H and O–H groups in total. The molecule has 0 unspecified atom stereocenters. The van der Waals surface area contributed by atoms with Crippen molar-refractivity contribution in [1.29, 1.82) is 0 Å². The number of para-hydroxylation sites is 1. The van der Waals surface area contributed by atoms with Crippen LogP contribution >= 0.6 is 0 Å². The summed E-state index contributed by atoms with van der Waals surface area (Å²) in [6.07, 6.45) is 3.71. The van der Waals surface area contributed by atoms with Crippen LogP contribution in [0.4, 0.5) is 0 Å². The minimum atomic E-state index is 0.281. The molecule has 1 saturated heterocycles. The van der Waals surface area contributed by atoms with Crippen molar-refractivity contribution in [3.05, 3.63) is 29.8 Å². The maximum Gasteiger partial charge on any atom is 0.222 e. The van der Waals surface area contributed by atoms with Crippen LogP contribution in [0.2, 0.25) is 0 Å². The van der Waals surface area contributed by atoms with E-state index in [1.807, 2.05) is 23.1 Å². The molecule has 0 bridgehead atoms. The van der Waals surface area contributed by atoms with Crippen LogP contribution in [0.15, 0.2) is 24.3 Å². The lowest BCUT2D eigenvalue weighted by molar-refractivity contribution is -0.130. The van der Waals surface area contributed by atoms with Gasteiger partial charge in [0.05, 0.1) is 6.61 Å². The Hall–Kier alpha value is -1.51. The minimum absolute atomic E-state index is 0.281. The van der Waals surface area contributed by atoms with E-state index in [9.17, 15) is 4.79 Å². The first-order valence-electron chi connectivity index (χ1n) is 7.68. The SMILES string of the molecule is CC(C)c1ccccc1OCCCC(=O)N1CCCC1. The van der Waals surface area contributed by atoms with E-state index in [1.165, 1.54) is 5.56 Å². The predicted octanol–water partition coefficient (Wildman–Crippen LogP) is 3.59. The van der Waals surface area contributed by atoms with Crippen LogP contribution in [0.25, 0.3) is 0 Å². The summed E-state index contributed by atoms with van der Waals surface area (Å²) in [6, 6.07) is 8.16. The fourth-order valence-corrected chi connectivity index (χ4v) is 2.62. The summed E-state index contributed by atoms with van der Waals surface area (Å²) in [7, 11) is 0. The molecule has 110 valence electrons. The van der Waals surface area contributed by atoms with Gasteiger partial charge in [0.1, 0.15) is 5.75 Å². The number of rotatable bonds is 6. The summed E-state index contributed by atoms with van der Waals surface area (Å²) in [5.41, 5.74) is 1.23. The summed E-state index contributed by atoms with van der Waals surface area (Å²) < 4.78 is 5.84. The largest absolute Gasteiger partial charge is 0.493 e. The van der Waals surface area contributed by atoms with Gasteiger partial charge in [-0.05, 0) is 36.8 Å². The van der Waals surface area contributed by atoms with E-state index in [0.717, 1.165) is 38.1 Å². The molecule has 1 aliphatic heterocycles. The summed E-state index contributed by atoms with van der Waals surface area (Å²) in [5.74, 6) is 1.69. The van der Waals surface area contributed by atoms with Crippen molar-refractivity contribution in [1.82, 2.24) is 4.90 Å². The van der Waals surface area contributed by atoms with Gasteiger partial charge in [0.2, 0.25) is 5.91 Å². The van der Waals surface area contributed by atoms with Gasteiger partial charge in [-0.15, -0.1) is 0 Å². The molecule has 0 atom stereocenters. The molecule has 0 radical (unpaired) electrons. The Kier molecular flexibility index (Phi) is 5.45. The van der Waals surface area contributed by atoms with Crippen LogP contribution < -0.4 is 4.74 Å². The third kappa shape index (κ3) is 3.99. The maximum atomic E-state index is 11.9. The molecule has 3 nitrogen and oxygen atoms in total. The van der Waals surface area contributed by atoms with Gasteiger partial charge in [-0.3, -0.25) is 4.79 Å². The number of nitrogens with zero attached hydrogens (tertiary/aromatic N) is 1. The van der Waals surface area contributed by atoms with Crippen molar-refractivity contribution in [2.75, 3.05) is 19.7 Å². The van der Waals surface area contributed by atoms with E-state index < -0.39 is 0 Å². The molecule has 1 aromatic rings. The maximum absolute atomic E-state index is 11.9. The highest BCUT2D eigenvalue weighted by molar-refractivity contribution is 5.76. The second-order valence-electron chi connectivity index (χ2n) is 5.73. The lowest BCUT2D eigenvalue weighted by Gasteiger charge is -2.16. The number of hydrogen-bond donors (Lipinski definition) is 0. The predicted molar refractivity (Wildman–Crippen MR) is 81.1 cm³/mol. The molecule has 1 fully saturated rings. The van der Waals surface area contributed by atoms with E-state index in [1.54, 1.807) is 0 Å². The Morgan fingerprint density at radius 2 is 1.95 bits per heavy atom. The fourth-order valence-electron chi connectivity index (χ4n) is 2.62. The molecule has 0 spiro atoms. The highest BCUT2D eigenvalue weighted by atomic mass is 16.5. The molecule has 1 aliphatic rings. The number of benzene rings is 1. The minimum Gasteiger partial charge on any atom is -0.493 e. The monoisotopic (exact) mass is 275 g/mol. The molecule has 20 heavy (non-hydrogen) atoms. The first-order chi connectivity index (χ1) is 9.68. The molecule has 0 aromatic heterocycles. The number of amides is 1. The zero-order valence-corrected chi connectivity index (χ0v) is 12.6. The number of carbonyl (C=O) groups is 1. The van der Waals surface area contributed by atoms with Gasteiger partial charge < -0.3 is 9.64 Å². The summed E-state index contributed by atoms with van der Waals surface area (Å²) in [5, 5.41) is 0. The zero-order valence-electron chi connectivity index (χ0n) is 12.6. The number of likely N-dealkylation sites (tertiary alicyclic amines) is 1. The molecule has 0 aliphatic carbocycles. The Bertz CT molecular complexity index is 436. The average molecular weight is 275 g/mol. The molecule has 1 amide bonds. The van der Waals surface area contributed by atoms with Gasteiger partial charge in [0.15, 0.2) is 0 Å². The number of carbonyl (C=O) groups excluding carboxylic acids is 1. The van der Waals surface area contributed by atoms with Crippen molar-refractivity contribution in [2.45, 2.75) is 45.4 Å². The highest BCUT2D eigenvalue weighted by Crippen LogP contribution is 2.25. The van der Waals surface area contributed by atoms with Gasteiger partial charge in [0, 0.05) is 19.5 Å². The van der Waals surface area contributed by atoms with Gasteiger partial charge in [-0.25, -0.2) is 0 Å². The van der Waals surface area contributed by atoms with Gasteiger partial charge in [-0.2, -0.15) is 0 Å². The van der Waals surface area contributed by atoms with Crippen LogP contribution in [0.3, 0.4) is 0 Å². The summed E-state index contributed by atoms with van der Waals surface area (Å²) in [6.45, 7) is 6.83. The van der Waals surface area contributed by atoms with Crippen LogP contribution in [0.1, 0.15) is 51.0 Å². The van der Waals surface area contributed by atoms with Crippen LogP contribution in [0.5, 0.6) is 5.75 Å². The van der Waals surface area contributed by atoms with E-state index in [-0.39, 0.29) is 5.91 Å². The summed E-state index contributed by atoms with van der Waals surface area (Å²) >= 11 is 0. The second kappa shape index (κ2) is 7.32. The Balaban J connectivity index is 1.74. The number of hydrogen-bond acceptors (Lipinski definition) is 2. The van der Waals surface area contributed by atoms with Crippen LogP contribution in [-0.4, -0.2) is 30.5 Å². The summed E-state index contributed by atoms with van der Waals surface area (Å²) in [4.78, 5) is 13.9. The third-order valence-corrected chi connectivity index (χ3v) is 3.79. The van der Waals surface area contributed by atoms with Gasteiger partial charge in [-0.1, -0.05) is 32.0 Å². The molecule has 3 heteroatoms. The third-order valence-electron chi connectivity index (χ3n) is 3.79. The Morgan fingerprint density at radius 1 is 1.25 bits per heavy atom. The Labute approximate surface area is 121 Å². The van der Waals surface area contributed by atoms with Crippen molar-refractivity contribution >= 4 is 5.91 Å². The number of ether oxygens (including phenoxy) is 1. The molecule has 2 rings (SSSR count). The highest BCUT2D eigenvalue weighted by Gasteiger charge is 2.17. The average Bonchev–Trinajstić information content (AvgIpc) is 2.98. The standard InChI is InChI=1S/C17H25NO2/c1-14(2)15-8-3-4-9-16(15)20-13-7-10-17(19)18-11-5-6-12-18/h3-4,8-9,14H,5-7,10-13H2,1-2H3. The first-order valence-corrected chi connectivity index (χ1v) is 7.68. The second-order valence-corrected chi connectivity index (χ2v) is 5.73. The normalized spacial score (nSPS) is 14.8. The fraction of sp³-hybridized carbons (Fsp3) is 0.588. The molecule has 0 saturated carbocycles. The van der Waals surface area contributed by atoms with Gasteiger partial charge >= 0.3 is 0 Å². The quantitative estimate of drug-likeness (QED) is 0.742. The van der Waals surface area contributed by atoms with E-state index >= 15 is 0 Å². The van der Waals surface area contributed by atoms with Gasteiger partial charge in [0.25, 0.3) is 0 Å². The molecule has 1 heterocycles. The molecular weight excluding hydrogens is 250 g/mol. The van der Waals surface area contributed by atoms with E-state index in [4.69, 9.17) is 4.74 Å². The molecule has 1 aromatic carbocycles. The van der Waals surface area contributed by atoms with Crippen LogP contribution in [0, 0.1) is 0 Å². The van der Waals surface area contributed by atoms with Crippen molar-refractivity contribution < 1.29 is 9.53 Å². The van der Waals surface area contributed by atoms with E-state index in [2.05, 4.69) is 19.9 Å². The van der Waals surface area contributed by atoms with Crippen LogP contribution in [-0.2, 0) is 4.79 Å². The Morgan fingerprint density at radius 3 is 2.65 bits per heavy atom. The molecular formula is C17H25NO2. The van der Waals surface area contributed by atoms with Crippen molar-refractivity contribution in [2.24, 2.45) is 0 Å². The lowest BCUT2D eigenvalue weighted by atomic mass is 10.0. The first kappa shape index (κ1) is 14.9. The van der Waals surface area contributed by atoms with E-state index in [0.29, 0.717) is 18.9 Å². The smallest absolute Gasteiger partial charge is 0.222 e. The van der Waals surface area contributed by atoms with Crippen molar-refractivity contribution in [3.63, 3.8) is 0 Å². The van der Waals surface area contributed by atoms with Crippen molar-refractivity contribution in [3.8, 4) is 5.75 Å². The topological polar surface area (TPSA) is 29.5 Å². The lowest BCUT2D eigenvalue weighted by Crippen LogP contribution is -2.27.